The minimum absolute atomic E-state index is 0.137. The van der Waals surface area contributed by atoms with Crippen molar-refractivity contribution in [2.45, 2.75) is 4.90 Å². The molecule has 0 spiro atoms. The number of hydrogen-bond acceptors (Lipinski definition) is 4. The average Bonchev–Trinajstić information content (AvgIpc) is 2.41. The van der Waals surface area contributed by atoms with Crippen LogP contribution in [0.5, 0.6) is 0 Å². The first-order valence-corrected chi connectivity index (χ1v) is 6.99. The number of sulfonamides is 1. The highest BCUT2D eigenvalue weighted by Crippen LogP contribution is 2.21. The molecule has 0 aliphatic heterocycles. The van der Waals surface area contributed by atoms with E-state index in [0.29, 0.717) is 5.56 Å². The topological polar surface area (TPSA) is 96.0 Å². The van der Waals surface area contributed by atoms with E-state index >= 15 is 0 Å². The molecule has 0 fully saturated rings. The van der Waals surface area contributed by atoms with E-state index in [1.165, 1.54) is 30.3 Å². The van der Waals surface area contributed by atoms with Crippen LogP contribution in [0.15, 0.2) is 47.4 Å². The monoisotopic (exact) mass is 291 g/mol. The Morgan fingerprint density at radius 3 is 2.65 bits per heavy atom. The second-order valence-corrected chi connectivity index (χ2v) is 5.64. The van der Waals surface area contributed by atoms with Gasteiger partial charge in [0.25, 0.3) is 10.0 Å². The van der Waals surface area contributed by atoms with Gasteiger partial charge in [-0.2, -0.15) is 5.26 Å². The molecule has 0 aliphatic carbocycles. The standard InChI is InChI=1S/C13H10FN3O2S/c14-12-5-4-10(16)7-13(12)20(18,19)17-11-3-1-2-9(6-11)8-15/h1-7,17H,16H2. The summed E-state index contributed by atoms with van der Waals surface area (Å²) in [5, 5.41) is 8.75. The highest BCUT2D eigenvalue weighted by atomic mass is 32.2. The fraction of sp³-hybridized carbons (Fsp3) is 0. The first-order valence-electron chi connectivity index (χ1n) is 5.50. The number of nitrogens with zero attached hydrogens (tertiary/aromatic N) is 1. The SMILES string of the molecule is N#Cc1cccc(NS(=O)(=O)c2cc(N)ccc2F)c1. The number of nitrogen functional groups attached to an aromatic ring is 1. The maximum absolute atomic E-state index is 13.6. The van der Waals surface area contributed by atoms with Crippen LogP contribution < -0.4 is 10.5 Å². The van der Waals surface area contributed by atoms with E-state index in [4.69, 9.17) is 11.0 Å². The fourth-order valence-electron chi connectivity index (χ4n) is 1.59. The molecule has 20 heavy (non-hydrogen) atoms. The van der Waals surface area contributed by atoms with Gasteiger partial charge in [0.05, 0.1) is 17.3 Å². The molecule has 0 amide bonds. The summed E-state index contributed by atoms with van der Waals surface area (Å²) < 4.78 is 40.0. The van der Waals surface area contributed by atoms with Crippen molar-refractivity contribution in [3.63, 3.8) is 0 Å². The van der Waals surface area contributed by atoms with E-state index in [-0.39, 0.29) is 11.4 Å². The normalized spacial score (nSPS) is 10.8. The Balaban J connectivity index is 2.41. The summed E-state index contributed by atoms with van der Waals surface area (Å²) in [7, 11) is -4.11. The van der Waals surface area contributed by atoms with Crippen molar-refractivity contribution in [1.82, 2.24) is 0 Å². The number of nitrogens with two attached hydrogens (primary N) is 1. The molecule has 0 radical (unpaired) electrons. The third kappa shape index (κ3) is 2.87. The van der Waals surface area contributed by atoms with Gasteiger partial charge in [-0.15, -0.1) is 0 Å². The van der Waals surface area contributed by atoms with Crippen molar-refractivity contribution in [3.8, 4) is 6.07 Å². The van der Waals surface area contributed by atoms with Gasteiger partial charge in [0.1, 0.15) is 10.7 Å². The van der Waals surface area contributed by atoms with Gasteiger partial charge in [-0.1, -0.05) is 6.07 Å². The van der Waals surface area contributed by atoms with Gasteiger partial charge < -0.3 is 5.73 Å². The Morgan fingerprint density at radius 1 is 1.20 bits per heavy atom. The third-order valence-corrected chi connectivity index (χ3v) is 3.88. The number of benzene rings is 2. The molecule has 0 bridgehead atoms. The highest BCUT2D eigenvalue weighted by Gasteiger charge is 2.19. The lowest BCUT2D eigenvalue weighted by Gasteiger charge is -2.09. The first kappa shape index (κ1) is 13.8. The van der Waals surface area contributed by atoms with Crippen molar-refractivity contribution < 1.29 is 12.8 Å². The number of nitrogens with one attached hydrogen (secondary N) is 1. The fourth-order valence-corrected chi connectivity index (χ4v) is 2.75. The van der Waals surface area contributed by atoms with Crippen LogP contribution in [-0.4, -0.2) is 8.42 Å². The van der Waals surface area contributed by atoms with Crippen molar-refractivity contribution >= 4 is 21.4 Å². The summed E-state index contributed by atoms with van der Waals surface area (Å²) in [5.41, 5.74) is 6.06. The van der Waals surface area contributed by atoms with Crippen LogP contribution in [0.2, 0.25) is 0 Å². The largest absolute Gasteiger partial charge is 0.399 e. The number of hydrogen-bond donors (Lipinski definition) is 2. The van der Waals surface area contributed by atoms with Gasteiger partial charge in [-0.05, 0) is 36.4 Å². The molecule has 0 heterocycles. The van der Waals surface area contributed by atoms with Crippen LogP contribution >= 0.6 is 0 Å². The molecule has 0 saturated heterocycles. The zero-order chi connectivity index (χ0) is 14.8. The van der Waals surface area contributed by atoms with Crippen molar-refractivity contribution in [3.05, 3.63) is 53.8 Å². The van der Waals surface area contributed by atoms with Crippen molar-refractivity contribution in [1.29, 1.82) is 5.26 Å². The third-order valence-electron chi connectivity index (χ3n) is 2.49. The highest BCUT2D eigenvalue weighted by molar-refractivity contribution is 7.92. The van der Waals surface area contributed by atoms with E-state index in [1.807, 2.05) is 6.07 Å². The first-order chi connectivity index (χ1) is 9.42. The molecule has 5 nitrogen and oxygen atoms in total. The molecular formula is C13H10FN3O2S. The lowest BCUT2D eigenvalue weighted by atomic mass is 10.2. The predicted octanol–water partition coefficient (Wildman–Crippen LogP) is 2.08. The van der Waals surface area contributed by atoms with Gasteiger partial charge in [-0.25, -0.2) is 12.8 Å². The molecular weight excluding hydrogens is 281 g/mol. The average molecular weight is 291 g/mol. The summed E-state index contributed by atoms with van der Waals surface area (Å²) in [5.74, 6) is -0.900. The predicted molar refractivity (Wildman–Crippen MR) is 72.8 cm³/mol. The van der Waals surface area contributed by atoms with E-state index in [2.05, 4.69) is 4.72 Å². The van der Waals surface area contributed by atoms with Gasteiger partial charge in [0, 0.05) is 5.69 Å². The van der Waals surface area contributed by atoms with Crippen molar-refractivity contribution in [2.24, 2.45) is 0 Å². The molecule has 0 aliphatic rings. The van der Waals surface area contributed by atoms with Gasteiger partial charge in [0.15, 0.2) is 0 Å². The lowest BCUT2D eigenvalue weighted by molar-refractivity contribution is 0.570. The summed E-state index contributed by atoms with van der Waals surface area (Å²) >= 11 is 0. The van der Waals surface area contributed by atoms with E-state index in [0.717, 1.165) is 12.1 Å². The lowest BCUT2D eigenvalue weighted by Crippen LogP contribution is -2.15. The maximum atomic E-state index is 13.6. The summed E-state index contributed by atoms with van der Waals surface area (Å²) in [6.45, 7) is 0. The van der Waals surface area contributed by atoms with Gasteiger partial charge >= 0.3 is 0 Å². The zero-order valence-electron chi connectivity index (χ0n) is 10.2. The maximum Gasteiger partial charge on any atom is 0.264 e. The van der Waals surface area contributed by atoms with Crippen LogP contribution in [-0.2, 0) is 10.0 Å². The minimum atomic E-state index is -4.11. The zero-order valence-corrected chi connectivity index (χ0v) is 11.0. The quantitative estimate of drug-likeness (QED) is 0.846. The molecule has 102 valence electrons. The molecule has 2 rings (SSSR count). The van der Waals surface area contributed by atoms with Crippen LogP contribution in [0.4, 0.5) is 15.8 Å². The molecule has 0 aromatic heterocycles. The van der Waals surface area contributed by atoms with Gasteiger partial charge in [0.2, 0.25) is 0 Å². The second-order valence-electron chi connectivity index (χ2n) is 3.99. The number of nitriles is 1. The Bertz CT molecular complexity index is 798. The van der Waals surface area contributed by atoms with Gasteiger partial charge in [-0.3, -0.25) is 4.72 Å². The molecule has 2 aromatic rings. The minimum Gasteiger partial charge on any atom is -0.399 e. The van der Waals surface area contributed by atoms with Crippen LogP contribution in [0.25, 0.3) is 0 Å². The molecule has 0 saturated carbocycles. The van der Waals surface area contributed by atoms with Crippen LogP contribution in [0, 0.1) is 17.1 Å². The Morgan fingerprint density at radius 2 is 1.95 bits per heavy atom. The Hall–Kier alpha value is -2.59. The Kier molecular flexibility index (Phi) is 3.59. The molecule has 7 heteroatoms. The van der Waals surface area contributed by atoms with Crippen molar-refractivity contribution in [2.75, 3.05) is 10.5 Å². The van der Waals surface area contributed by atoms with E-state index in [9.17, 15) is 12.8 Å². The number of rotatable bonds is 3. The summed E-state index contributed by atoms with van der Waals surface area (Å²) in [6.07, 6.45) is 0. The van der Waals surface area contributed by atoms with Crippen LogP contribution in [0.3, 0.4) is 0 Å². The summed E-state index contributed by atoms with van der Waals surface area (Å²) in [4.78, 5) is -0.542. The Labute approximate surface area is 115 Å². The number of halogens is 1. The number of anilines is 2. The second kappa shape index (κ2) is 5.19. The molecule has 2 aromatic carbocycles. The molecule has 0 unspecified atom stereocenters. The molecule has 3 N–H and O–H groups in total. The molecule has 0 atom stereocenters. The van der Waals surface area contributed by atoms with E-state index in [1.54, 1.807) is 0 Å². The van der Waals surface area contributed by atoms with E-state index < -0.39 is 20.7 Å². The summed E-state index contributed by atoms with van der Waals surface area (Å²) in [6, 6.07) is 11.0. The smallest absolute Gasteiger partial charge is 0.264 e. The van der Waals surface area contributed by atoms with Crippen LogP contribution in [0.1, 0.15) is 5.56 Å².